The monoisotopic (exact) mass is 488 g/mol. The third kappa shape index (κ3) is 5.51. The van der Waals surface area contributed by atoms with Crippen LogP contribution in [-0.2, 0) is 0 Å². The number of benzene rings is 3. The summed E-state index contributed by atoms with van der Waals surface area (Å²) in [6.45, 7) is -0.0698. The Balaban J connectivity index is 1.47. The highest BCUT2D eigenvalue weighted by atomic mass is 19.4. The average molecular weight is 488 g/mol. The van der Waals surface area contributed by atoms with Crippen molar-refractivity contribution in [3.8, 4) is 16.9 Å². The Morgan fingerprint density at radius 2 is 1.69 bits per heavy atom. The lowest BCUT2D eigenvalue weighted by molar-refractivity contribution is -0.290. The van der Waals surface area contributed by atoms with Gasteiger partial charge in [0.1, 0.15) is 11.6 Å². The summed E-state index contributed by atoms with van der Waals surface area (Å²) in [5.74, 6) is -4.45. The number of halogens is 5. The molecule has 0 spiro atoms. The number of rotatable bonds is 7. The van der Waals surface area contributed by atoms with E-state index in [0.29, 0.717) is 11.4 Å². The van der Waals surface area contributed by atoms with Gasteiger partial charge in [-0.1, -0.05) is 48.5 Å². The largest absolute Gasteiger partial charge is 0.487 e. The highest BCUT2D eigenvalue weighted by Crippen LogP contribution is 2.36. The molecule has 0 fully saturated rings. The van der Waals surface area contributed by atoms with Crippen LogP contribution in [0.1, 0.15) is 30.0 Å². The first-order valence-electron chi connectivity index (χ1n) is 10.7. The molecule has 4 aromatic rings. The van der Waals surface area contributed by atoms with Gasteiger partial charge < -0.3 is 14.8 Å². The number of nitrogens with zero attached hydrogens (tertiary/aromatic N) is 1. The Morgan fingerprint density at radius 3 is 2.37 bits per heavy atom. The number of hydrogen-bond donors (Lipinski definition) is 2. The summed E-state index contributed by atoms with van der Waals surface area (Å²) in [4.78, 5) is 7.75. The molecule has 0 radical (unpaired) electrons. The van der Waals surface area contributed by atoms with Gasteiger partial charge in [-0.15, -0.1) is 0 Å². The van der Waals surface area contributed by atoms with Crippen LogP contribution in [0.2, 0.25) is 0 Å². The Morgan fingerprint density at radius 1 is 0.971 bits per heavy atom. The topological polar surface area (TPSA) is 58.1 Å². The minimum atomic E-state index is -5.66. The van der Waals surface area contributed by atoms with Gasteiger partial charge in [-0.25, -0.2) is 4.98 Å². The molecular weight excluding hydrogens is 467 g/mol. The molecule has 0 amide bonds. The second kappa shape index (κ2) is 9.50. The van der Waals surface area contributed by atoms with Crippen molar-refractivity contribution in [2.24, 2.45) is 0 Å². The lowest BCUT2D eigenvalue weighted by Gasteiger charge is -2.19. The van der Waals surface area contributed by atoms with Crippen LogP contribution in [0.25, 0.3) is 34.3 Å². The Hall–Kier alpha value is -3.72. The number of nitrogens with one attached hydrogen (secondary N) is 1. The average Bonchev–Trinajstić information content (AvgIpc) is 3.23. The molecule has 3 aromatic carbocycles. The van der Waals surface area contributed by atoms with Gasteiger partial charge in [0.2, 0.25) is 0 Å². The van der Waals surface area contributed by atoms with E-state index < -0.39 is 24.8 Å². The molecule has 2 N–H and O–H groups in total. The maximum Gasteiger partial charge on any atom is 0.456 e. The van der Waals surface area contributed by atoms with Gasteiger partial charge in [0.15, 0.2) is 6.61 Å². The van der Waals surface area contributed by atoms with E-state index in [9.17, 15) is 27.1 Å². The fourth-order valence-corrected chi connectivity index (χ4v) is 3.50. The summed E-state index contributed by atoms with van der Waals surface area (Å²) in [5, 5.41) is 10.1. The highest BCUT2D eigenvalue weighted by Gasteiger charge is 2.58. The van der Waals surface area contributed by atoms with Crippen molar-refractivity contribution in [1.82, 2.24) is 9.97 Å². The number of aliphatic hydroxyl groups is 1. The van der Waals surface area contributed by atoms with Gasteiger partial charge in [-0.3, -0.25) is 0 Å². The number of H-pyrrole nitrogens is 1. The van der Waals surface area contributed by atoms with E-state index in [2.05, 4.69) is 14.7 Å². The van der Waals surface area contributed by atoms with E-state index in [1.165, 1.54) is 24.3 Å². The molecule has 0 aliphatic rings. The molecule has 1 heterocycles. The molecule has 9 heteroatoms. The molecule has 0 saturated heterocycles. The quantitative estimate of drug-likeness (QED) is 0.275. The van der Waals surface area contributed by atoms with Gasteiger partial charge >= 0.3 is 12.1 Å². The molecular formula is C26H21F5N2O2. The van der Waals surface area contributed by atoms with Crippen molar-refractivity contribution in [3.05, 3.63) is 83.7 Å². The predicted octanol–water partition coefficient (Wildman–Crippen LogP) is 7.03. The summed E-state index contributed by atoms with van der Waals surface area (Å²) in [5.41, 5.74) is 4.88. The molecule has 0 aliphatic heterocycles. The number of fused-ring (bicyclic) bond motifs is 1. The second-order valence-corrected chi connectivity index (χ2v) is 8.01. The maximum atomic E-state index is 13.0. The third-order valence-electron chi connectivity index (χ3n) is 5.37. The zero-order valence-electron chi connectivity index (χ0n) is 18.5. The van der Waals surface area contributed by atoms with Gasteiger partial charge in [-0.05, 0) is 59.5 Å². The molecule has 4 rings (SSSR count). The molecule has 0 saturated carbocycles. The zero-order valence-corrected chi connectivity index (χ0v) is 18.5. The second-order valence-electron chi connectivity index (χ2n) is 8.01. The van der Waals surface area contributed by atoms with Crippen molar-refractivity contribution in [1.29, 1.82) is 0 Å². The third-order valence-corrected chi connectivity index (χ3v) is 5.37. The van der Waals surface area contributed by atoms with Crippen molar-refractivity contribution in [2.45, 2.75) is 25.1 Å². The number of aromatic amines is 1. The fourth-order valence-electron chi connectivity index (χ4n) is 3.50. The number of alkyl halides is 5. The summed E-state index contributed by atoms with van der Waals surface area (Å²) in [7, 11) is 0. The number of aromatic nitrogens is 2. The summed E-state index contributed by atoms with van der Waals surface area (Å²) < 4.78 is 67.3. The van der Waals surface area contributed by atoms with E-state index in [-0.39, 0.29) is 5.75 Å². The first kappa shape index (κ1) is 24.4. The van der Waals surface area contributed by atoms with Crippen LogP contribution >= 0.6 is 0 Å². The molecule has 1 atom stereocenters. The Labute approximate surface area is 197 Å². The van der Waals surface area contributed by atoms with Crippen LogP contribution in [0, 0.1) is 0 Å². The van der Waals surface area contributed by atoms with Crippen LogP contribution in [0.15, 0.2) is 66.7 Å². The lowest BCUT2D eigenvalue weighted by Crippen LogP contribution is -2.41. The van der Waals surface area contributed by atoms with E-state index in [4.69, 9.17) is 0 Å². The zero-order chi connectivity index (χ0) is 25.2. The molecule has 1 aromatic heterocycles. The first-order valence-corrected chi connectivity index (χ1v) is 10.7. The van der Waals surface area contributed by atoms with E-state index in [1.807, 2.05) is 42.5 Å². The predicted molar refractivity (Wildman–Crippen MR) is 124 cm³/mol. The van der Waals surface area contributed by atoms with E-state index >= 15 is 0 Å². The van der Waals surface area contributed by atoms with E-state index in [1.54, 1.807) is 19.1 Å². The standard InChI is InChI=1S/C26H21F5N2O2/c1-16(34)20-4-2-3-5-21(20)18-9-12-22-23(14-18)33-24(32-22)13-8-17-6-10-19(11-7-17)35-15-25(27,28)26(29,30)31/h2-14,16,34H,15H2,1H3,(H,32,33). The fraction of sp³-hybridized carbons (Fsp3) is 0.192. The van der Waals surface area contributed by atoms with Crippen molar-refractivity contribution >= 4 is 23.2 Å². The number of imidazole rings is 1. The van der Waals surface area contributed by atoms with Crippen LogP contribution in [-0.4, -0.2) is 33.8 Å². The first-order chi connectivity index (χ1) is 16.5. The summed E-state index contributed by atoms with van der Waals surface area (Å²) in [6, 6.07) is 19.1. The van der Waals surface area contributed by atoms with Crippen LogP contribution < -0.4 is 4.74 Å². The maximum absolute atomic E-state index is 13.0. The Kier molecular flexibility index (Phi) is 6.62. The van der Waals surface area contributed by atoms with Gasteiger partial charge in [0.05, 0.1) is 17.1 Å². The lowest BCUT2D eigenvalue weighted by atomic mass is 9.96. The van der Waals surface area contributed by atoms with Crippen LogP contribution in [0.4, 0.5) is 22.0 Å². The minimum absolute atomic E-state index is 0.0974. The minimum Gasteiger partial charge on any atom is -0.487 e. The number of ether oxygens (including phenoxy) is 1. The van der Waals surface area contributed by atoms with Crippen molar-refractivity contribution in [2.75, 3.05) is 6.61 Å². The SMILES string of the molecule is CC(O)c1ccccc1-c1ccc2[nH]c(C=Cc3ccc(OCC(F)(F)C(F)(F)F)cc3)nc2c1. The van der Waals surface area contributed by atoms with Crippen LogP contribution in [0.5, 0.6) is 5.75 Å². The molecule has 0 bridgehead atoms. The molecule has 35 heavy (non-hydrogen) atoms. The van der Waals surface area contributed by atoms with Gasteiger partial charge in [-0.2, -0.15) is 22.0 Å². The Bertz CT molecular complexity index is 1340. The highest BCUT2D eigenvalue weighted by molar-refractivity contribution is 5.84. The smallest absolute Gasteiger partial charge is 0.456 e. The van der Waals surface area contributed by atoms with Crippen molar-refractivity contribution < 1.29 is 31.8 Å². The normalized spacial score (nSPS) is 13.5. The van der Waals surface area contributed by atoms with Crippen molar-refractivity contribution in [3.63, 3.8) is 0 Å². The van der Waals surface area contributed by atoms with Crippen LogP contribution in [0.3, 0.4) is 0 Å². The molecule has 0 aliphatic carbocycles. The summed E-state index contributed by atoms with van der Waals surface area (Å²) in [6.07, 6.45) is -2.84. The number of hydrogen-bond acceptors (Lipinski definition) is 3. The van der Waals surface area contributed by atoms with E-state index in [0.717, 1.165) is 27.7 Å². The number of aliphatic hydroxyl groups excluding tert-OH is 1. The van der Waals surface area contributed by atoms with Gasteiger partial charge in [0, 0.05) is 0 Å². The van der Waals surface area contributed by atoms with Gasteiger partial charge in [0.25, 0.3) is 0 Å². The molecule has 182 valence electrons. The molecule has 1 unspecified atom stereocenters. The molecule has 4 nitrogen and oxygen atoms in total. The summed E-state index contributed by atoms with van der Waals surface area (Å²) >= 11 is 0.